The summed E-state index contributed by atoms with van der Waals surface area (Å²) in [6.45, 7) is 3.33. The first kappa shape index (κ1) is 16.4. The first-order valence-corrected chi connectivity index (χ1v) is 7.27. The lowest BCUT2D eigenvalue weighted by Crippen LogP contribution is -2.41. The predicted molar refractivity (Wildman–Crippen MR) is 72.7 cm³/mol. The van der Waals surface area contributed by atoms with Crippen molar-refractivity contribution in [3.8, 4) is 0 Å². The molecule has 0 aromatic carbocycles. The normalized spacial score (nSPS) is 19.9. The molecule has 1 fully saturated rings. The Kier molecular flexibility index (Phi) is 7.34. The summed E-state index contributed by atoms with van der Waals surface area (Å²) in [6.07, 6.45) is 4.93. The Balaban J connectivity index is 2.22. The van der Waals surface area contributed by atoms with E-state index in [1.807, 2.05) is 0 Å². The first-order chi connectivity index (χ1) is 9.12. The molecule has 1 saturated carbocycles. The summed E-state index contributed by atoms with van der Waals surface area (Å²) >= 11 is 0. The minimum Gasteiger partial charge on any atom is -0.466 e. The summed E-state index contributed by atoms with van der Waals surface area (Å²) in [6, 6.07) is 0. The van der Waals surface area contributed by atoms with E-state index in [1.54, 1.807) is 6.92 Å². The van der Waals surface area contributed by atoms with Gasteiger partial charge in [0.15, 0.2) is 0 Å². The van der Waals surface area contributed by atoms with Crippen LogP contribution in [0.2, 0.25) is 0 Å². The van der Waals surface area contributed by atoms with Gasteiger partial charge in [-0.1, -0.05) is 19.3 Å². The maximum atomic E-state index is 11.2. The Morgan fingerprint density at radius 1 is 1.37 bits per heavy atom. The topological polar surface area (TPSA) is 78.8 Å². The predicted octanol–water partition coefficient (Wildman–Crippen LogP) is 0.833. The largest absolute Gasteiger partial charge is 0.466 e. The van der Waals surface area contributed by atoms with Crippen LogP contribution in [0.3, 0.4) is 0 Å². The molecular weight excluding hydrogens is 246 g/mol. The highest BCUT2D eigenvalue weighted by Gasteiger charge is 2.31. The molecule has 3 N–H and O–H groups in total. The highest BCUT2D eigenvalue weighted by atomic mass is 16.5. The first-order valence-electron chi connectivity index (χ1n) is 7.27. The lowest BCUT2D eigenvalue weighted by atomic mass is 9.74. The fourth-order valence-electron chi connectivity index (χ4n) is 2.68. The number of hydrogen-bond donors (Lipinski definition) is 3. The molecule has 5 nitrogen and oxygen atoms in total. The van der Waals surface area contributed by atoms with E-state index in [0.29, 0.717) is 19.7 Å². The van der Waals surface area contributed by atoms with Crippen LogP contribution in [0.15, 0.2) is 0 Å². The fraction of sp³-hybridized carbons (Fsp3) is 0.929. The zero-order valence-corrected chi connectivity index (χ0v) is 11.9. The van der Waals surface area contributed by atoms with Gasteiger partial charge in [0, 0.05) is 25.1 Å². The number of rotatable bonds is 8. The average Bonchev–Trinajstić information content (AvgIpc) is 2.40. The Bertz CT molecular complexity index is 264. The summed E-state index contributed by atoms with van der Waals surface area (Å²) < 4.78 is 4.78. The molecule has 112 valence electrons. The zero-order chi connectivity index (χ0) is 14.1. The van der Waals surface area contributed by atoms with Crippen LogP contribution < -0.4 is 5.32 Å². The SMILES string of the molecule is CCOC(=O)CC(O)CNCC1(CO)CCCCC1. The van der Waals surface area contributed by atoms with Crippen molar-refractivity contribution in [2.24, 2.45) is 5.41 Å². The Morgan fingerprint density at radius 2 is 2.05 bits per heavy atom. The van der Waals surface area contributed by atoms with Gasteiger partial charge in [-0.05, 0) is 19.8 Å². The molecular formula is C14H27NO4. The lowest BCUT2D eigenvalue weighted by molar-refractivity contribution is -0.145. The molecule has 1 aliphatic rings. The molecule has 1 rings (SSSR count). The minimum atomic E-state index is -0.724. The molecule has 0 radical (unpaired) electrons. The van der Waals surface area contributed by atoms with E-state index in [1.165, 1.54) is 6.42 Å². The second kappa shape index (κ2) is 8.51. The number of aliphatic hydroxyl groups is 2. The van der Waals surface area contributed by atoms with Crippen molar-refractivity contribution in [1.29, 1.82) is 0 Å². The summed E-state index contributed by atoms with van der Waals surface area (Å²) in [4.78, 5) is 11.2. The van der Waals surface area contributed by atoms with E-state index in [-0.39, 0.29) is 24.4 Å². The number of ether oxygens (including phenoxy) is 1. The molecule has 5 heteroatoms. The maximum Gasteiger partial charge on any atom is 0.308 e. The quantitative estimate of drug-likeness (QED) is 0.571. The van der Waals surface area contributed by atoms with Crippen LogP contribution in [0.4, 0.5) is 0 Å². The van der Waals surface area contributed by atoms with Crippen molar-refractivity contribution in [3.05, 3.63) is 0 Å². The Hall–Kier alpha value is -0.650. The standard InChI is InChI=1S/C14H27NO4/c1-2-19-13(18)8-12(17)9-15-10-14(11-16)6-4-3-5-7-14/h12,15-17H,2-11H2,1H3. The number of aliphatic hydroxyl groups excluding tert-OH is 2. The van der Waals surface area contributed by atoms with Crippen molar-refractivity contribution in [2.75, 3.05) is 26.3 Å². The van der Waals surface area contributed by atoms with Crippen molar-refractivity contribution < 1.29 is 19.7 Å². The highest BCUT2D eigenvalue weighted by Crippen LogP contribution is 2.35. The van der Waals surface area contributed by atoms with Gasteiger partial charge in [-0.3, -0.25) is 4.79 Å². The molecule has 1 atom stereocenters. The van der Waals surface area contributed by atoms with Crippen LogP contribution in [0, 0.1) is 5.41 Å². The van der Waals surface area contributed by atoms with Crippen LogP contribution in [-0.4, -0.2) is 48.6 Å². The number of hydrogen-bond acceptors (Lipinski definition) is 5. The van der Waals surface area contributed by atoms with E-state index < -0.39 is 6.10 Å². The molecule has 0 saturated heterocycles. The molecule has 0 bridgehead atoms. The van der Waals surface area contributed by atoms with Gasteiger partial charge in [-0.25, -0.2) is 0 Å². The smallest absolute Gasteiger partial charge is 0.308 e. The van der Waals surface area contributed by atoms with Gasteiger partial charge in [-0.15, -0.1) is 0 Å². The van der Waals surface area contributed by atoms with Gasteiger partial charge < -0.3 is 20.3 Å². The van der Waals surface area contributed by atoms with Crippen LogP contribution >= 0.6 is 0 Å². The third kappa shape index (κ3) is 5.89. The minimum absolute atomic E-state index is 0.0208. The number of nitrogens with one attached hydrogen (secondary N) is 1. The second-order valence-electron chi connectivity index (χ2n) is 5.51. The van der Waals surface area contributed by atoms with E-state index in [0.717, 1.165) is 25.7 Å². The van der Waals surface area contributed by atoms with E-state index in [2.05, 4.69) is 5.32 Å². The van der Waals surface area contributed by atoms with Gasteiger partial charge >= 0.3 is 5.97 Å². The Morgan fingerprint density at radius 3 is 2.63 bits per heavy atom. The molecule has 0 amide bonds. The fourth-order valence-corrected chi connectivity index (χ4v) is 2.68. The monoisotopic (exact) mass is 273 g/mol. The molecule has 0 spiro atoms. The lowest BCUT2D eigenvalue weighted by Gasteiger charge is -2.36. The third-order valence-electron chi connectivity index (χ3n) is 3.84. The van der Waals surface area contributed by atoms with Gasteiger partial charge in [0.2, 0.25) is 0 Å². The van der Waals surface area contributed by atoms with Gasteiger partial charge in [0.1, 0.15) is 0 Å². The van der Waals surface area contributed by atoms with Crippen molar-refractivity contribution in [2.45, 2.75) is 51.6 Å². The van der Waals surface area contributed by atoms with Crippen LogP contribution in [-0.2, 0) is 9.53 Å². The van der Waals surface area contributed by atoms with Crippen molar-refractivity contribution in [3.63, 3.8) is 0 Å². The average molecular weight is 273 g/mol. The molecule has 0 aromatic heterocycles. The van der Waals surface area contributed by atoms with Crippen molar-refractivity contribution >= 4 is 5.97 Å². The molecule has 1 aliphatic carbocycles. The molecule has 0 aromatic rings. The van der Waals surface area contributed by atoms with Crippen LogP contribution in [0.5, 0.6) is 0 Å². The van der Waals surface area contributed by atoms with E-state index in [9.17, 15) is 15.0 Å². The molecule has 19 heavy (non-hydrogen) atoms. The van der Waals surface area contributed by atoms with Crippen molar-refractivity contribution in [1.82, 2.24) is 5.32 Å². The second-order valence-corrected chi connectivity index (χ2v) is 5.51. The number of esters is 1. The van der Waals surface area contributed by atoms with E-state index >= 15 is 0 Å². The van der Waals surface area contributed by atoms with Crippen LogP contribution in [0.25, 0.3) is 0 Å². The highest BCUT2D eigenvalue weighted by molar-refractivity contribution is 5.69. The molecule has 0 heterocycles. The summed E-state index contributed by atoms with van der Waals surface area (Å²) in [5.41, 5.74) is -0.0398. The third-order valence-corrected chi connectivity index (χ3v) is 3.84. The summed E-state index contributed by atoms with van der Waals surface area (Å²) in [5, 5.41) is 22.4. The van der Waals surface area contributed by atoms with Crippen LogP contribution in [0.1, 0.15) is 45.4 Å². The summed E-state index contributed by atoms with van der Waals surface area (Å²) in [7, 11) is 0. The summed E-state index contributed by atoms with van der Waals surface area (Å²) in [5.74, 6) is -0.369. The zero-order valence-electron chi connectivity index (χ0n) is 11.9. The molecule has 1 unspecified atom stereocenters. The van der Waals surface area contributed by atoms with E-state index in [4.69, 9.17) is 4.74 Å². The van der Waals surface area contributed by atoms with Gasteiger partial charge in [0.25, 0.3) is 0 Å². The molecule has 0 aliphatic heterocycles. The Labute approximate surface area is 115 Å². The maximum absolute atomic E-state index is 11.2. The van der Waals surface area contributed by atoms with Gasteiger partial charge in [-0.2, -0.15) is 0 Å². The number of carbonyl (C=O) groups excluding carboxylic acids is 1. The van der Waals surface area contributed by atoms with Gasteiger partial charge in [0.05, 0.1) is 19.1 Å². The number of carbonyl (C=O) groups is 1.